The van der Waals surface area contributed by atoms with Crippen LogP contribution in [0.2, 0.25) is 0 Å². The number of H-pyrrole nitrogens is 1. The van der Waals surface area contributed by atoms with Crippen LogP contribution in [-0.4, -0.2) is 73.0 Å². The van der Waals surface area contributed by atoms with Crippen LogP contribution in [0.3, 0.4) is 0 Å². The summed E-state index contributed by atoms with van der Waals surface area (Å²) < 4.78 is 36.2. The number of benzene rings is 3. The Kier molecular flexibility index (Phi) is 9.10. The van der Waals surface area contributed by atoms with Crippen LogP contribution in [0, 0.1) is 11.6 Å². The molecule has 1 aliphatic rings. The van der Waals surface area contributed by atoms with Crippen molar-refractivity contribution in [3.05, 3.63) is 92.9 Å². The predicted octanol–water partition coefficient (Wildman–Crippen LogP) is 4.15. The topological polar surface area (TPSA) is 167 Å². The molecule has 46 heavy (non-hydrogen) atoms. The number of rotatable bonds is 8. The molecule has 1 unspecified atom stereocenters. The highest BCUT2D eigenvalue weighted by atomic mass is 19.1. The van der Waals surface area contributed by atoms with Crippen LogP contribution in [0.4, 0.5) is 13.6 Å². The van der Waals surface area contributed by atoms with Gasteiger partial charge in [0.25, 0.3) is 5.91 Å². The molecule has 0 spiro atoms. The van der Waals surface area contributed by atoms with Gasteiger partial charge in [-0.3, -0.25) is 9.69 Å². The highest BCUT2D eigenvalue weighted by Crippen LogP contribution is 2.37. The van der Waals surface area contributed by atoms with E-state index in [-0.39, 0.29) is 46.6 Å². The second-order valence-corrected chi connectivity index (χ2v) is 11.4. The fourth-order valence-electron chi connectivity index (χ4n) is 5.48. The summed E-state index contributed by atoms with van der Waals surface area (Å²) in [6, 6.07) is 11.1. The number of halogens is 2. The second kappa shape index (κ2) is 13.0. The number of amides is 2. The molecule has 242 valence electrons. The molecule has 1 fully saturated rings. The van der Waals surface area contributed by atoms with E-state index in [1.807, 2.05) is 18.7 Å². The van der Waals surface area contributed by atoms with Crippen molar-refractivity contribution in [1.82, 2.24) is 24.6 Å². The summed E-state index contributed by atoms with van der Waals surface area (Å²) in [6.07, 6.45) is -1.77. The first-order chi connectivity index (χ1) is 21.8. The molecule has 0 radical (unpaired) electrons. The zero-order valence-corrected chi connectivity index (χ0v) is 25.5. The number of aromatic nitrogens is 3. The molecular weight excluding hydrogens is 602 g/mol. The first-order valence-corrected chi connectivity index (χ1v) is 14.6. The van der Waals surface area contributed by atoms with Gasteiger partial charge < -0.3 is 25.6 Å². The number of ether oxygens (including phenoxy) is 1. The number of phenols is 2. The van der Waals surface area contributed by atoms with Crippen molar-refractivity contribution in [2.75, 3.05) is 26.2 Å². The van der Waals surface area contributed by atoms with E-state index in [0.717, 1.165) is 10.6 Å². The number of phenolic OH excluding ortho intramolecular Hbond substituents is 2. The van der Waals surface area contributed by atoms with Gasteiger partial charge in [-0.1, -0.05) is 26.0 Å². The number of aromatic hydroxyl groups is 2. The van der Waals surface area contributed by atoms with Crippen LogP contribution in [0.5, 0.6) is 11.5 Å². The van der Waals surface area contributed by atoms with Crippen molar-refractivity contribution in [2.45, 2.75) is 39.3 Å². The third kappa shape index (κ3) is 6.56. The van der Waals surface area contributed by atoms with Crippen molar-refractivity contribution in [3.8, 4) is 28.6 Å². The molecule has 0 aliphatic carbocycles. The van der Waals surface area contributed by atoms with Gasteiger partial charge in [0.05, 0.1) is 16.8 Å². The van der Waals surface area contributed by atoms with E-state index in [0.29, 0.717) is 42.9 Å². The number of hydrogen-bond donors (Lipinski definition) is 4. The van der Waals surface area contributed by atoms with Crippen LogP contribution in [0.1, 0.15) is 59.8 Å². The Morgan fingerprint density at radius 1 is 0.978 bits per heavy atom. The van der Waals surface area contributed by atoms with E-state index >= 15 is 4.39 Å². The third-order valence-electron chi connectivity index (χ3n) is 8.01. The maximum atomic E-state index is 15.4. The molecule has 1 atom stereocenters. The Morgan fingerprint density at radius 3 is 2.33 bits per heavy atom. The number of carbonyl (C=O) groups excluding carboxylic acids is 2. The molecule has 1 aromatic heterocycles. The lowest BCUT2D eigenvalue weighted by Gasteiger charge is -2.35. The standard InChI is InChI=1S/C32H34F2N6O6/c1-17(2)23-14-24(28(42)15-27(23)41)29-36-37-32(45)40(29)21-6-4-20(25(33)13-21)16-38-8-10-39(11-9-38)30(43)22-7-5-19(12-26(22)34)18(3)46-31(35)44/h4-7,12-15,17-18,41-42H,8-11,16H2,1-3H3,(H2,35,44)(H,37,45). The van der Waals surface area contributed by atoms with Crippen LogP contribution in [-0.2, 0) is 11.3 Å². The monoisotopic (exact) mass is 636 g/mol. The van der Waals surface area contributed by atoms with E-state index in [1.54, 1.807) is 18.2 Å². The van der Waals surface area contributed by atoms with E-state index < -0.39 is 35.4 Å². The average molecular weight is 637 g/mol. The van der Waals surface area contributed by atoms with Gasteiger partial charge in [0, 0.05) is 44.4 Å². The fourth-order valence-corrected chi connectivity index (χ4v) is 5.48. The number of nitrogens with one attached hydrogen (secondary N) is 1. The summed E-state index contributed by atoms with van der Waals surface area (Å²) in [6.45, 7) is 6.93. The van der Waals surface area contributed by atoms with Crippen LogP contribution in [0.25, 0.3) is 17.1 Å². The summed E-state index contributed by atoms with van der Waals surface area (Å²) in [4.78, 5) is 40.2. The molecule has 1 saturated heterocycles. The first-order valence-electron chi connectivity index (χ1n) is 14.6. The fraction of sp³-hybridized carbons (Fsp3) is 0.312. The smallest absolute Gasteiger partial charge is 0.405 e. The van der Waals surface area contributed by atoms with Crippen LogP contribution in [0.15, 0.2) is 53.3 Å². The Labute approximate surface area is 262 Å². The van der Waals surface area contributed by atoms with Crippen LogP contribution < -0.4 is 11.4 Å². The largest absolute Gasteiger partial charge is 0.508 e. The molecule has 1 aliphatic heterocycles. The van der Waals surface area contributed by atoms with Gasteiger partial charge in [-0.15, -0.1) is 0 Å². The lowest BCUT2D eigenvalue weighted by molar-refractivity contribution is 0.0622. The maximum absolute atomic E-state index is 15.4. The Morgan fingerprint density at radius 2 is 1.70 bits per heavy atom. The van der Waals surface area contributed by atoms with Crippen molar-refractivity contribution in [1.29, 1.82) is 0 Å². The molecule has 3 aromatic carbocycles. The molecule has 12 nitrogen and oxygen atoms in total. The normalized spacial score (nSPS) is 14.4. The van der Waals surface area contributed by atoms with E-state index in [1.165, 1.54) is 36.1 Å². The van der Waals surface area contributed by atoms with Gasteiger partial charge >= 0.3 is 11.8 Å². The number of nitrogens with two attached hydrogens (primary N) is 1. The third-order valence-corrected chi connectivity index (χ3v) is 8.01. The summed E-state index contributed by atoms with van der Waals surface area (Å²) in [7, 11) is 0. The molecule has 0 bridgehead atoms. The maximum Gasteiger partial charge on any atom is 0.405 e. The Hall–Kier alpha value is -5.24. The molecule has 5 N–H and O–H groups in total. The highest BCUT2D eigenvalue weighted by Gasteiger charge is 2.26. The second-order valence-electron chi connectivity index (χ2n) is 11.4. The predicted molar refractivity (Wildman–Crippen MR) is 164 cm³/mol. The van der Waals surface area contributed by atoms with Gasteiger partial charge in [0.2, 0.25) is 0 Å². The van der Waals surface area contributed by atoms with Gasteiger partial charge in [-0.2, -0.15) is 5.10 Å². The molecule has 5 rings (SSSR count). The van der Waals surface area contributed by atoms with Gasteiger partial charge in [-0.25, -0.2) is 28.0 Å². The summed E-state index contributed by atoms with van der Waals surface area (Å²) in [5.41, 5.74) is 5.92. The molecule has 2 heterocycles. The molecule has 14 heteroatoms. The Bertz CT molecular complexity index is 1850. The van der Waals surface area contributed by atoms with Gasteiger partial charge in [0.15, 0.2) is 5.82 Å². The summed E-state index contributed by atoms with van der Waals surface area (Å²) >= 11 is 0. The zero-order chi connectivity index (χ0) is 33.3. The number of primary amides is 1. The van der Waals surface area contributed by atoms with Gasteiger partial charge in [0.1, 0.15) is 29.2 Å². The zero-order valence-electron chi connectivity index (χ0n) is 25.5. The summed E-state index contributed by atoms with van der Waals surface area (Å²) in [5, 5.41) is 27.1. The molecular formula is C32H34F2N6O6. The molecule has 4 aromatic rings. The van der Waals surface area contributed by atoms with Gasteiger partial charge in [-0.05, 0) is 54.3 Å². The van der Waals surface area contributed by atoms with E-state index in [9.17, 15) is 29.0 Å². The number of piperazine rings is 1. The van der Waals surface area contributed by atoms with E-state index in [4.69, 9.17) is 10.5 Å². The quantitative estimate of drug-likeness (QED) is 0.224. The minimum absolute atomic E-state index is 0.0527. The molecule has 2 amide bonds. The van der Waals surface area contributed by atoms with Crippen LogP contribution >= 0.6 is 0 Å². The lowest BCUT2D eigenvalue weighted by Crippen LogP contribution is -2.48. The van der Waals surface area contributed by atoms with Crippen molar-refractivity contribution in [3.63, 3.8) is 0 Å². The Balaban J connectivity index is 1.26. The minimum Gasteiger partial charge on any atom is -0.508 e. The van der Waals surface area contributed by atoms with Crippen molar-refractivity contribution < 1.29 is 33.3 Å². The number of nitrogens with zero attached hydrogens (tertiary/aromatic N) is 4. The van der Waals surface area contributed by atoms with Crippen molar-refractivity contribution >= 4 is 12.0 Å². The average Bonchev–Trinajstić information content (AvgIpc) is 3.38. The number of aromatic amines is 1. The minimum atomic E-state index is -0.990. The lowest BCUT2D eigenvalue weighted by atomic mass is 9.98. The number of hydrogen-bond acceptors (Lipinski definition) is 8. The SMILES string of the molecule is CC(C)c1cc(-c2n[nH]c(=O)n2-c2ccc(CN3CCN(C(=O)c4ccc(C(C)OC(N)=O)cc4F)CC3)c(F)c2)c(O)cc1O. The molecule has 0 saturated carbocycles. The first kappa shape index (κ1) is 32.2. The highest BCUT2D eigenvalue weighted by molar-refractivity contribution is 5.94. The van der Waals surface area contributed by atoms with Crippen molar-refractivity contribution in [2.24, 2.45) is 5.73 Å². The van der Waals surface area contributed by atoms with E-state index in [2.05, 4.69) is 10.2 Å². The number of carbonyl (C=O) groups is 2. The summed E-state index contributed by atoms with van der Waals surface area (Å²) in [5.74, 6) is -2.20.